The number of methoxy groups -OCH3 is 1. The van der Waals surface area contributed by atoms with Crippen molar-refractivity contribution in [2.75, 3.05) is 25.6 Å². The molecule has 7 nitrogen and oxygen atoms in total. The number of carbonyl (C=O) groups is 1. The molecule has 0 radical (unpaired) electrons. The van der Waals surface area contributed by atoms with Crippen LogP contribution in [0, 0.1) is 0 Å². The number of hydrogen-bond acceptors (Lipinski definition) is 6. The van der Waals surface area contributed by atoms with E-state index in [1.54, 1.807) is 31.4 Å². The van der Waals surface area contributed by atoms with Crippen molar-refractivity contribution < 1.29 is 23.7 Å². The summed E-state index contributed by atoms with van der Waals surface area (Å²) < 4.78 is 21.5. The fourth-order valence-corrected chi connectivity index (χ4v) is 2.58. The number of amides is 1. The Morgan fingerprint density at radius 2 is 2.14 bits per heavy atom. The average molecular weight is 294 g/mol. The fraction of sp³-hybridized carbons (Fsp3) is 0.500. The summed E-state index contributed by atoms with van der Waals surface area (Å²) in [6.07, 6.45) is -1.47. The minimum absolute atomic E-state index is 0.162. The van der Waals surface area contributed by atoms with Crippen molar-refractivity contribution in [2.45, 2.75) is 24.4 Å². The van der Waals surface area contributed by atoms with Crippen molar-refractivity contribution in [3.05, 3.63) is 24.3 Å². The Labute approximate surface area is 122 Å². The molecule has 1 amide bonds. The maximum atomic E-state index is 11.9. The molecule has 2 heterocycles. The highest BCUT2D eigenvalue weighted by Crippen LogP contribution is 2.28. The van der Waals surface area contributed by atoms with E-state index in [0.717, 1.165) is 0 Å². The Morgan fingerprint density at radius 1 is 1.33 bits per heavy atom. The van der Waals surface area contributed by atoms with Crippen molar-refractivity contribution in [2.24, 2.45) is 5.73 Å². The molecule has 2 fully saturated rings. The number of hydrogen-bond donors (Lipinski definition) is 2. The normalized spacial score (nSPS) is 30.8. The summed E-state index contributed by atoms with van der Waals surface area (Å²) in [5.74, 6) is 0.655. The van der Waals surface area contributed by atoms with Gasteiger partial charge in [0.2, 0.25) is 0 Å². The molecule has 0 unspecified atom stereocenters. The summed E-state index contributed by atoms with van der Waals surface area (Å²) in [7, 11) is 1.56. The summed E-state index contributed by atoms with van der Waals surface area (Å²) in [6, 6.07) is 6.86. The van der Waals surface area contributed by atoms with Crippen molar-refractivity contribution in [3.8, 4) is 5.75 Å². The first kappa shape index (κ1) is 14.1. The number of anilines is 1. The number of fused-ring (bicyclic) bond motifs is 1. The second kappa shape index (κ2) is 5.88. The molecule has 2 saturated heterocycles. The van der Waals surface area contributed by atoms with Crippen LogP contribution in [0.15, 0.2) is 24.3 Å². The van der Waals surface area contributed by atoms with Gasteiger partial charge in [-0.2, -0.15) is 0 Å². The zero-order chi connectivity index (χ0) is 14.8. The Balaban J connectivity index is 1.57. The van der Waals surface area contributed by atoms with E-state index in [0.29, 0.717) is 24.7 Å². The molecule has 0 aromatic heterocycles. The lowest BCUT2D eigenvalue weighted by Crippen LogP contribution is -2.38. The third kappa shape index (κ3) is 2.94. The van der Waals surface area contributed by atoms with Gasteiger partial charge in [0.25, 0.3) is 0 Å². The summed E-state index contributed by atoms with van der Waals surface area (Å²) in [5.41, 5.74) is 6.44. The Morgan fingerprint density at radius 3 is 2.95 bits per heavy atom. The predicted molar refractivity (Wildman–Crippen MR) is 74.3 cm³/mol. The molecule has 0 spiro atoms. The van der Waals surface area contributed by atoms with Crippen molar-refractivity contribution in [3.63, 3.8) is 0 Å². The lowest BCUT2D eigenvalue weighted by Gasteiger charge is -2.17. The van der Waals surface area contributed by atoms with Crippen LogP contribution < -0.4 is 15.8 Å². The van der Waals surface area contributed by atoms with E-state index >= 15 is 0 Å². The van der Waals surface area contributed by atoms with Gasteiger partial charge in [-0.1, -0.05) is 6.07 Å². The molecule has 0 bridgehead atoms. The zero-order valence-corrected chi connectivity index (χ0v) is 11.7. The second-order valence-electron chi connectivity index (χ2n) is 5.06. The molecule has 4 atom stereocenters. The van der Waals surface area contributed by atoms with Gasteiger partial charge in [0.1, 0.15) is 18.0 Å². The molecule has 3 N–H and O–H groups in total. The molecule has 2 aliphatic heterocycles. The molecular formula is C14H18N2O5. The van der Waals surface area contributed by atoms with E-state index in [9.17, 15) is 4.79 Å². The van der Waals surface area contributed by atoms with E-state index in [1.165, 1.54) is 0 Å². The lowest BCUT2D eigenvalue weighted by molar-refractivity contribution is 0.00899. The van der Waals surface area contributed by atoms with E-state index in [-0.39, 0.29) is 18.2 Å². The van der Waals surface area contributed by atoms with Crippen LogP contribution in [0.4, 0.5) is 10.5 Å². The van der Waals surface area contributed by atoms with Gasteiger partial charge in [0.05, 0.1) is 26.4 Å². The van der Waals surface area contributed by atoms with Crippen LogP contribution >= 0.6 is 0 Å². The van der Waals surface area contributed by atoms with E-state index in [4.69, 9.17) is 24.7 Å². The summed E-state index contributed by atoms with van der Waals surface area (Å²) in [6.45, 7) is 0.723. The Bertz CT molecular complexity index is 524. The van der Waals surface area contributed by atoms with Gasteiger partial charge in [-0.25, -0.2) is 4.79 Å². The minimum Gasteiger partial charge on any atom is -0.497 e. The maximum absolute atomic E-state index is 11.9. The lowest BCUT2D eigenvalue weighted by atomic mass is 10.1. The molecule has 1 aromatic rings. The van der Waals surface area contributed by atoms with Gasteiger partial charge in [-0.15, -0.1) is 0 Å². The van der Waals surface area contributed by atoms with Crippen LogP contribution in [0.5, 0.6) is 5.75 Å². The number of ether oxygens (including phenoxy) is 4. The number of carbonyl (C=O) groups excluding carboxylic acids is 1. The standard InChI is InChI=1S/C14H18N2O5/c1-18-9-4-2-3-8(5-9)16-14(17)21-11-7-20-12-10(15)6-19-13(11)12/h2-5,10-13H,6-7,15H2,1H3,(H,16,17)/t10-,11-,12+,13-/m0/s1. The molecule has 2 aliphatic rings. The SMILES string of the molecule is COc1cccc(NC(=O)O[C@H]2CO[C@H]3[C@H]2OC[C@@H]3N)c1. The first-order valence-electron chi connectivity index (χ1n) is 6.78. The zero-order valence-electron chi connectivity index (χ0n) is 11.7. The summed E-state index contributed by atoms with van der Waals surface area (Å²) in [5, 5.41) is 2.65. The summed E-state index contributed by atoms with van der Waals surface area (Å²) in [4.78, 5) is 11.9. The molecule has 7 heteroatoms. The van der Waals surface area contributed by atoms with Gasteiger partial charge in [0, 0.05) is 11.8 Å². The van der Waals surface area contributed by atoms with Gasteiger partial charge < -0.3 is 24.7 Å². The van der Waals surface area contributed by atoms with Crippen LogP contribution in [-0.2, 0) is 14.2 Å². The van der Waals surface area contributed by atoms with Crippen LogP contribution in [0.25, 0.3) is 0 Å². The maximum Gasteiger partial charge on any atom is 0.412 e. The Hall–Kier alpha value is -1.83. The topological polar surface area (TPSA) is 92.0 Å². The quantitative estimate of drug-likeness (QED) is 0.854. The molecule has 0 saturated carbocycles. The smallest absolute Gasteiger partial charge is 0.412 e. The van der Waals surface area contributed by atoms with Crippen LogP contribution in [0.1, 0.15) is 0 Å². The first-order valence-corrected chi connectivity index (χ1v) is 6.78. The highest BCUT2D eigenvalue weighted by atomic mass is 16.6. The van der Waals surface area contributed by atoms with Gasteiger partial charge in [-0.05, 0) is 12.1 Å². The van der Waals surface area contributed by atoms with Crippen LogP contribution in [0.2, 0.25) is 0 Å². The molecule has 114 valence electrons. The third-order valence-corrected chi connectivity index (χ3v) is 3.62. The average Bonchev–Trinajstić information content (AvgIpc) is 3.03. The molecular weight excluding hydrogens is 276 g/mol. The van der Waals surface area contributed by atoms with Crippen molar-refractivity contribution in [1.29, 1.82) is 0 Å². The highest BCUT2D eigenvalue weighted by molar-refractivity contribution is 5.85. The van der Waals surface area contributed by atoms with Crippen LogP contribution in [0.3, 0.4) is 0 Å². The summed E-state index contributed by atoms with van der Waals surface area (Å²) >= 11 is 0. The highest BCUT2D eigenvalue weighted by Gasteiger charge is 2.48. The Kier molecular flexibility index (Phi) is 3.96. The minimum atomic E-state index is -0.554. The van der Waals surface area contributed by atoms with Crippen molar-refractivity contribution in [1.82, 2.24) is 0 Å². The molecule has 21 heavy (non-hydrogen) atoms. The fourth-order valence-electron chi connectivity index (χ4n) is 2.58. The van der Waals surface area contributed by atoms with Gasteiger partial charge >= 0.3 is 6.09 Å². The van der Waals surface area contributed by atoms with Crippen molar-refractivity contribution >= 4 is 11.8 Å². The largest absolute Gasteiger partial charge is 0.497 e. The number of nitrogens with one attached hydrogen (secondary N) is 1. The van der Waals surface area contributed by atoms with E-state index in [2.05, 4.69) is 5.32 Å². The van der Waals surface area contributed by atoms with Gasteiger partial charge in [0.15, 0.2) is 6.10 Å². The monoisotopic (exact) mass is 294 g/mol. The second-order valence-corrected chi connectivity index (χ2v) is 5.06. The van der Waals surface area contributed by atoms with E-state index < -0.39 is 12.2 Å². The number of benzene rings is 1. The number of rotatable bonds is 3. The molecule has 3 rings (SSSR count). The first-order chi connectivity index (χ1) is 10.2. The molecule has 1 aromatic carbocycles. The number of nitrogens with two attached hydrogens (primary N) is 1. The third-order valence-electron chi connectivity index (χ3n) is 3.62. The van der Waals surface area contributed by atoms with Crippen LogP contribution in [-0.4, -0.2) is 50.8 Å². The predicted octanol–water partition coefficient (Wildman–Crippen LogP) is 0.737. The van der Waals surface area contributed by atoms with Gasteiger partial charge in [-0.3, -0.25) is 5.32 Å². The molecule has 0 aliphatic carbocycles. The van der Waals surface area contributed by atoms with E-state index in [1.807, 2.05) is 0 Å².